The molecule has 0 radical (unpaired) electrons. The largest absolute Gasteiger partial charge is 0.379 e. The molecule has 0 unspecified atom stereocenters. The molecule has 80 valence electrons. The number of nitrogens with zero attached hydrogens (tertiary/aromatic N) is 1. The lowest BCUT2D eigenvalue weighted by Gasteiger charge is -2.33. The van der Waals surface area contributed by atoms with Crippen LogP contribution in [0.1, 0.15) is 34.6 Å². The molecule has 13 heavy (non-hydrogen) atoms. The van der Waals surface area contributed by atoms with Crippen LogP contribution in [0.5, 0.6) is 0 Å². The molecule has 0 spiro atoms. The predicted molar refractivity (Wildman–Crippen MR) is 58.0 cm³/mol. The van der Waals surface area contributed by atoms with E-state index in [0.717, 1.165) is 13.2 Å². The second kappa shape index (κ2) is 4.43. The molecule has 0 aliphatic rings. The zero-order valence-electron chi connectivity index (χ0n) is 10.3. The lowest BCUT2D eigenvalue weighted by Crippen LogP contribution is -2.43. The van der Waals surface area contributed by atoms with Gasteiger partial charge in [-0.1, -0.05) is 20.8 Å². The quantitative estimate of drug-likeness (QED) is 0.670. The standard InChI is InChI=1S/C11H25NO/c1-10(2,3)8-13-9-11(4,5)12(6)7/h8-9H2,1-7H3. The van der Waals surface area contributed by atoms with Crippen molar-refractivity contribution in [2.75, 3.05) is 27.3 Å². The van der Waals surface area contributed by atoms with Gasteiger partial charge in [0.05, 0.1) is 13.2 Å². The summed E-state index contributed by atoms with van der Waals surface area (Å²) in [6.07, 6.45) is 0. The Bertz CT molecular complexity index is 145. The molecule has 0 amide bonds. The van der Waals surface area contributed by atoms with Gasteiger partial charge in [0.15, 0.2) is 0 Å². The van der Waals surface area contributed by atoms with Gasteiger partial charge in [-0.2, -0.15) is 0 Å². The van der Waals surface area contributed by atoms with Crippen LogP contribution < -0.4 is 0 Å². The number of rotatable bonds is 4. The van der Waals surface area contributed by atoms with Crippen LogP contribution in [0.3, 0.4) is 0 Å². The maximum absolute atomic E-state index is 5.68. The molecule has 0 atom stereocenters. The molecule has 0 saturated carbocycles. The van der Waals surface area contributed by atoms with E-state index in [1.165, 1.54) is 0 Å². The Hall–Kier alpha value is -0.0800. The summed E-state index contributed by atoms with van der Waals surface area (Å²) in [6.45, 7) is 12.6. The lowest BCUT2D eigenvalue weighted by molar-refractivity contribution is 0.00495. The Morgan fingerprint density at radius 1 is 0.923 bits per heavy atom. The van der Waals surface area contributed by atoms with E-state index in [0.29, 0.717) is 0 Å². The summed E-state index contributed by atoms with van der Waals surface area (Å²) in [6, 6.07) is 0. The van der Waals surface area contributed by atoms with Crippen molar-refractivity contribution in [3.8, 4) is 0 Å². The average molecular weight is 187 g/mol. The highest BCUT2D eigenvalue weighted by Gasteiger charge is 2.21. The van der Waals surface area contributed by atoms with E-state index in [1.807, 2.05) is 0 Å². The normalized spacial score (nSPS) is 13.8. The summed E-state index contributed by atoms with van der Waals surface area (Å²) in [5.41, 5.74) is 0.396. The molecule has 0 bridgehead atoms. The van der Waals surface area contributed by atoms with Gasteiger partial charge >= 0.3 is 0 Å². The van der Waals surface area contributed by atoms with Crippen molar-refractivity contribution in [1.29, 1.82) is 0 Å². The summed E-state index contributed by atoms with van der Waals surface area (Å²) >= 11 is 0. The number of hydrogen-bond donors (Lipinski definition) is 0. The minimum Gasteiger partial charge on any atom is -0.379 e. The van der Waals surface area contributed by atoms with E-state index in [2.05, 4.69) is 53.6 Å². The molecule has 0 aromatic heterocycles. The summed E-state index contributed by atoms with van der Waals surface area (Å²) in [5.74, 6) is 0. The zero-order chi connectivity index (χ0) is 10.7. The third kappa shape index (κ3) is 6.05. The van der Waals surface area contributed by atoms with E-state index in [-0.39, 0.29) is 11.0 Å². The number of ether oxygens (including phenoxy) is 1. The molecule has 0 aromatic rings. The highest BCUT2D eigenvalue weighted by atomic mass is 16.5. The molecule has 0 rings (SSSR count). The fourth-order valence-electron chi connectivity index (χ4n) is 0.736. The van der Waals surface area contributed by atoms with Gasteiger partial charge in [0, 0.05) is 5.54 Å². The van der Waals surface area contributed by atoms with E-state index in [1.54, 1.807) is 0 Å². The first-order valence-electron chi connectivity index (χ1n) is 4.90. The Kier molecular flexibility index (Phi) is 4.40. The van der Waals surface area contributed by atoms with Gasteiger partial charge < -0.3 is 9.64 Å². The summed E-state index contributed by atoms with van der Waals surface area (Å²) in [4.78, 5) is 2.19. The number of hydrogen-bond acceptors (Lipinski definition) is 2. The number of likely N-dealkylation sites (N-methyl/N-ethyl adjacent to an activating group) is 1. The zero-order valence-corrected chi connectivity index (χ0v) is 10.3. The third-order valence-electron chi connectivity index (χ3n) is 2.20. The summed E-state index contributed by atoms with van der Waals surface area (Å²) < 4.78 is 5.68. The van der Waals surface area contributed by atoms with Crippen LogP contribution in [0.2, 0.25) is 0 Å². The highest BCUT2D eigenvalue weighted by Crippen LogP contribution is 2.16. The van der Waals surface area contributed by atoms with Gasteiger partial charge in [0.25, 0.3) is 0 Å². The molecule has 0 aromatic carbocycles. The van der Waals surface area contributed by atoms with Crippen LogP contribution in [0.4, 0.5) is 0 Å². The van der Waals surface area contributed by atoms with Crippen LogP contribution in [0, 0.1) is 5.41 Å². The monoisotopic (exact) mass is 187 g/mol. The first-order chi connectivity index (χ1) is 5.65. The molecule has 0 aliphatic heterocycles. The van der Waals surface area contributed by atoms with Crippen LogP contribution in [0.15, 0.2) is 0 Å². The molecule has 2 heteroatoms. The Morgan fingerprint density at radius 3 is 1.69 bits per heavy atom. The second-order valence-corrected chi connectivity index (χ2v) is 5.76. The van der Waals surface area contributed by atoms with Crippen LogP contribution in [0.25, 0.3) is 0 Å². The van der Waals surface area contributed by atoms with Crippen LogP contribution in [-0.4, -0.2) is 37.7 Å². The van der Waals surface area contributed by atoms with Gasteiger partial charge in [-0.25, -0.2) is 0 Å². The van der Waals surface area contributed by atoms with E-state index >= 15 is 0 Å². The predicted octanol–water partition coefficient (Wildman–Crippen LogP) is 2.39. The Balaban J connectivity index is 3.77. The fourth-order valence-corrected chi connectivity index (χ4v) is 0.736. The van der Waals surface area contributed by atoms with E-state index in [4.69, 9.17) is 4.74 Å². The van der Waals surface area contributed by atoms with Gasteiger partial charge in [-0.05, 0) is 33.4 Å². The minimum atomic E-state index is 0.130. The Labute approximate surface area is 83.3 Å². The van der Waals surface area contributed by atoms with E-state index < -0.39 is 0 Å². The second-order valence-electron chi connectivity index (χ2n) is 5.76. The molecule has 0 fully saturated rings. The Morgan fingerprint density at radius 2 is 1.38 bits per heavy atom. The molecule has 2 nitrogen and oxygen atoms in total. The van der Waals surface area contributed by atoms with Crippen molar-refractivity contribution in [3.05, 3.63) is 0 Å². The maximum Gasteiger partial charge on any atom is 0.0645 e. The molecular weight excluding hydrogens is 162 g/mol. The van der Waals surface area contributed by atoms with Gasteiger partial charge in [0.2, 0.25) is 0 Å². The first kappa shape index (κ1) is 12.9. The van der Waals surface area contributed by atoms with Crippen molar-refractivity contribution in [3.63, 3.8) is 0 Å². The first-order valence-corrected chi connectivity index (χ1v) is 4.90. The van der Waals surface area contributed by atoms with Crippen molar-refractivity contribution in [2.24, 2.45) is 5.41 Å². The van der Waals surface area contributed by atoms with Crippen molar-refractivity contribution in [1.82, 2.24) is 4.90 Å². The molecule has 0 aliphatic carbocycles. The average Bonchev–Trinajstić information content (AvgIpc) is 1.82. The molecule has 0 heterocycles. The van der Waals surface area contributed by atoms with Crippen molar-refractivity contribution >= 4 is 0 Å². The summed E-state index contributed by atoms with van der Waals surface area (Å²) in [5, 5.41) is 0. The topological polar surface area (TPSA) is 12.5 Å². The van der Waals surface area contributed by atoms with E-state index in [9.17, 15) is 0 Å². The minimum absolute atomic E-state index is 0.130. The molecule has 0 N–H and O–H groups in total. The van der Waals surface area contributed by atoms with Crippen molar-refractivity contribution in [2.45, 2.75) is 40.2 Å². The summed E-state index contributed by atoms with van der Waals surface area (Å²) in [7, 11) is 4.17. The van der Waals surface area contributed by atoms with Gasteiger partial charge in [-0.15, -0.1) is 0 Å². The molecule has 0 saturated heterocycles. The SMILES string of the molecule is CN(C)C(C)(C)COCC(C)(C)C. The van der Waals surface area contributed by atoms with Crippen LogP contribution in [-0.2, 0) is 4.74 Å². The fraction of sp³-hybridized carbons (Fsp3) is 1.00. The maximum atomic E-state index is 5.68. The third-order valence-corrected chi connectivity index (χ3v) is 2.20. The smallest absolute Gasteiger partial charge is 0.0645 e. The lowest BCUT2D eigenvalue weighted by atomic mass is 9.98. The van der Waals surface area contributed by atoms with Crippen LogP contribution >= 0.6 is 0 Å². The van der Waals surface area contributed by atoms with Gasteiger partial charge in [-0.3, -0.25) is 0 Å². The van der Waals surface area contributed by atoms with Gasteiger partial charge in [0.1, 0.15) is 0 Å². The van der Waals surface area contributed by atoms with Crippen molar-refractivity contribution < 1.29 is 4.74 Å². The highest BCUT2D eigenvalue weighted by molar-refractivity contribution is 4.76. The molecular formula is C11H25NO.